The SMILES string of the molecule is COCC1CC(C(=O)OC(C)(C)C)N(C(=O)OC(C)(C)C)C1. The van der Waals surface area contributed by atoms with Gasteiger partial charge in [-0.25, -0.2) is 9.59 Å². The average Bonchev–Trinajstić information content (AvgIpc) is 2.69. The van der Waals surface area contributed by atoms with Gasteiger partial charge in [-0.1, -0.05) is 0 Å². The molecular weight excluding hydrogens is 286 g/mol. The Balaban J connectivity index is 2.85. The molecule has 0 aromatic rings. The third-order valence-corrected chi connectivity index (χ3v) is 3.10. The summed E-state index contributed by atoms with van der Waals surface area (Å²) in [6.07, 6.45) is 0.0455. The fraction of sp³-hybridized carbons (Fsp3) is 0.875. The summed E-state index contributed by atoms with van der Waals surface area (Å²) in [5, 5.41) is 0. The second kappa shape index (κ2) is 6.86. The van der Waals surface area contributed by atoms with Gasteiger partial charge in [0.05, 0.1) is 6.61 Å². The van der Waals surface area contributed by atoms with Gasteiger partial charge >= 0.3 is 12.1 Å². The predicted octanol–water partition coefficient (Wildman–Crippen LogP) is 2.60. The van der Waals surface area contributed by atoms with E-state index < -0.39 is 29.3 Å². The van der Waals surface area contributed by atoms with E-state index >= 15 is 0 Å². The Morgan fingerprint density at radius 3 is 2.05 bits per heavy atom. The highest BCUT2D eigenvalue weighted by atomic mass is 16.6. The van der Waals surface area contributed by atoms with Gasteiger partial charge < -0.3 is 14.2 Å². The van der Waals surface area contributed by atoms with Crippen LogP contribution in [0.1, 0.15) is 48.0 Å². The predicted molar refractivity (Wildman–Crippen MR) is 82.6 cm³/mol. The first-order valence-electron chi connectivity index (χ1n) is 7.64. The van der Waals surface area contributed by atoms with E-state index in [1.165, 1.54) is 4.90 Å². The van der Waals surface area contributed by atoms with E-state index in [2.05, 4.69) is 0 Å². The third kappa shape index (κ3) is 5.83. The molecule has 0 radical (unpaired) electrons. The molecule has 6 heteroatoms. The van der Waals surface area contributed by atoms with Crippen molar-refractivity contribution in [1.82, 2.24) is 4.90 Å². The number of carbonyl (C=O) groups is 2. The van der Waals surface area contributed by atoms with Crippen LogP contribution in [0.4, 0.5) is 4.79 Å². The zero-order valence-corrected chi connectivity index (χ0v) is 14.8. The zero-order chi connectivity index (χ0) is 17.1. The minimum absolute atomic E-state index is 0.107. The number of esters is 1. The number of nitrogens with zero attached hydrogens (tertiary/aromatic N) is 1. The topological polar surface area (TPSA) is 65.1 Å². The second-order valence-electron chi connectivity index (χ2n) is 7.74. The molecule has 1 amide bonds. The van der Waals surface area contributed by atoms with Gasteiger partial charge in [-0.3, -0.25) is 4.90 Å². The molecular formula is C16H29NO5. The molecule has 1 aliphatic rings. The molecule has 2 unspecified atom stereocenters. The van der Waals surface area contributed by atoms with Crippen molar-refractivity contribution in [1.29, 1.82) is 0 Å². The molecule has 2 atom stereocenters. The Bertz CT molecular complexity index is 372. The van der Waals surface area contributed by atoms with Crippen LogP contribution >= 0.6 is 0 Å². The highest BCUT2D eigenvalue weighted by Crippen LogP contribution is 2.27. The Labute approximate surface area is 133 Å². The molecule has 1 fully saturated rings. The molecule has 0 aromatic heterocycles. The lowest BCUT2D eigenvalue weighted by molar-refractivity contribution is -0.160. The van der Waals surface area contributed by atoms with Gasteiger partial charge in [0, 0.05) is 19.6 Å². The summed E-state index contributed by atoms with van der Waals surface area (Å²) in [7, 11) is 1.61. The molecule has 0 saturated carbocycles. The smallest absolute Gasteiger partial charge is 0.411 e. The molecule has 1 heterocycles. The lowest BCUT2D eigenvalue weighted by Gasteiger charge is -2.29. The van der Waals surface area contributed by atoms with Crippen molar-refractivity contribution in [3.05, 3.63) is 0 Å². The van der Waals surface area contributed by atoms with Crippen molar-refractivity contribution in [3.8, 4) is 0 Å². The second-order valence-corrected chi connectivity index (χ2v) is 7.74. The molecule has 0 N–H and O–H groups in total. The zero-order valence-electron chi connectivity index (χ0n) is 14.8. The summed E-state index contributed by atoms with van der Waals surface area (Å²) in [4.78, 5) is 26.2. The average molecular weight is 315 g/mol. The highest BCUT2D eigenvalue weighted by Gasteiger charge is 2.43. The van der Waals surface area contributed by atoms with E-state index in [0.717, 1.165) is 0 Å². The maximum atomic E-state index is 12.4. The molecule has 1 saturated heterocycles. The first-order valence-corrected chi connectivity index (χ1v) is 7.64. The lowest BCUT2D eigenvalue weighted by atomic mass is 10.1. The number of ether oxygens (including phenoxy) is 3. The van der Waals surface area contributed by atoms with E-state index in [4.69, 9.17) is 14.2 Å². The minimum atomic E-state index is -0.616. The molecule has 0 aromatic carbocycles. The maximum absolute atomic E-state index is 12.4. The number of methoxy groups -OCH3 is 1. The van der Waals surface area contributed by atoms with Crippen molar-refractivity contribution in [2.24, 2.45) is 5.92 Å². The Kier molecular flexibility index (Phi) is 5.84. The molecule has 1 rings (SSSR count). The third-order valence-electron chi connectivity index (χ3n) is 3.10. The van der Waals surface area contributed by atoms with Crippen LogP contribution in [-0.2, 0) is 19.0 Å². The molecule has 0 bridgehead atoms. The molecule has 128 valence electrons. The molecule has 6 nitrogen and oxygen atoms in total. The largest absolute Gasteiger partial charge is 0.458 e. The first-order chi connectivity index (χ1) is 9.93. The van der Waals surface area contributed by atoms with Crippen LogP contribution in [0.5, 0.6) is 0 Å². The van der Waals surface area contributed by atoms with Gasteiger partial charge in [-0.2, -0.15) is 0 Å². The van der Waals surface area contributed by atoms with Crippen LogP contribution in [0.2, 0.25) is 0 Å². The van der Waals surface area contributed by atoms with Crippen LogP contribution in [-0.4, -0.2) is 54.5 Å². The van der Waals surface area contributed by atoms with Crippen molar-refractivity contribution in [2.75, 3.05) is 20.3 Å². The van der Waals surface area contributed by atoms with Crippen molar-refractivity contribution in [3.63, 3.8) is 0 Å². The standard InChI is InChI=1S/C16H29NO5/c1-15(2,3)21-13(18)12-8-11(10-20-7)9-17(12)14(19)22-16(4,5)6/h11-12H,8-10H2,1-7H3. The Morgan fingerprint density at radius 2 is 1.59 bits per heavy atom. The quantitative estimate of drug-likeness (QED) is 0.749. The fourth-order valence-corrected chi connectivity index (χ4v) is 2.39. The summed E-state index contributed by atoms with van der Waals surface area (Å²) >= 11 is 0. The van der Waals surface area contributed by atoms with E-state index in [-0.39, 0.29) is 5.92 Å². The van der Waals surface area contributed by atoms with Gasteiger partial charge in [0.15, 0.2) is 0 Å². The van der Waals surface area contributed by atoms with Gasteiger partial charge in [0.1, 0.15) is 17.2 Å². The van der Waals surface area contributed by atoms with E-state index in [1.54, 1.807) is 27.9 Å². The summed E-state index contributed by atoms with van der Waals surface area (Å²) in [5.41, 5.74) is -1.19. The van der Waals surface area contributed by atoms with E-state index in [0.29, 0.717) is 19.6 Å². The number of amides is 1. The van der Waals surface area contributed by atoms with Gasteiger partial charge in [-0.15, -0.1) is 0 Å². The van der Waals surface area contributed by atoms with Crippen LogP contribution in [0, 0.1) is 5.92 Å². The molecule has 1 aliphatic heterocycles. The molecule has 22 heavy (non-hydrogen) atoms. The van der Waals surface area contributed by atoms with E-state index in [1.807, 2.05) is 20.8 Å². The minimum Gasteiger partial charge on any atom is -0.458 e. The first kappa shape index (κ1) is 18.7. The van der Waals surface area contributed by atoms with Gasteiger partial charge in [0.2, 0.25) is 0 Å². The maximum Gasteiger partial charge on any atom is 0.411 e. The van der Waals surface area contributed by atoms with Crippen LogP contribution in [0.3, 0.4) is 0 Å². The van der Waals surface area contributed by atoms with Crippen LogP contribution < -0.4 is 0 Å². The normalized spacial score (nSPS) is 22.6. The van der Waals surface area contributed by atoms with Crippen LogP contribution in [0.25, 0.3) is 0 Å². The number of likely N-dealkylation sites (tertiary alicyclic amines) is 1. The number of hydrogen-bond acceptors (Lipinski definition) is 5. The number of carbonyl (C=O) groups excluding carboxylic acids is 2. The van der Waals surface area contributed by atoms with Crippen molar-refractivity contribution < 1.29 is 23.8 Å². The Morgan fingerprint density at radius 1 is 1.05 bits per heavy atom. The van der Waals surface area contributed by atoms with Crippen molar-refractivity contribution in [2.45, 2.75) is 65.2 Å². The lowest BCUT2D eigenvalue weighted by Crippen LogP contribution is -2.45. The summed E-state index contributed by atoms with van der Waals surface area (Å²) < 4.78 is 16.0. The monoisotopic (exact) mass is 315 g/mol. The van der Waals surface area contributed by atoms with Gasteiger partial charge in [0.25, 0.3) is 0 Å². The number of hydrogen-bond donors (Lipinski definition) is 0. The van der Waals surface area contributed by atoms with Crippen molar-refractivity contribution >= 4 is 12.1 Å². The summed E-state index contributed by atoms with van der Waals surface area (Å²) in [5.74, 6) is -0.285. The number of rotatable bonds is 3. The van der Waals surface area contributed by atoms with Crippen LogP contribution in [0.15, 0.2) is 0 Å². The van der Waals surface area contributed by atoms with Gasteiger partial charge in [-0.05, 0) is 48.0 Å². The molecule has 0 aliphatic carbocycles. The van der Waals surface area contributed by atoms with E-state index in [9.17, 15) is 9.59 Å². The summed E-state index contributed by atoms with van der Waals surface area (Å²) in [6.45, 7) is 11.8. The Hall–Kier alpha value is -1.30. The fourth-order valence-electron chi connectivity index (χ4n) is 2.39. The summed E-state index contributed by atoms with van der Waals surface area (Å²) in [6, 6.07) is -0.616. The molecule has 0 spiro atoms. The highest BCUT2D eigenvalue weighted by molar-refractivity contribution is 5.82.